The normalized spacial score (nSPS) is 21.0. The molecule has 0 N–H and O–H groups in total. The van der Waals surface area contributed by atoms with Gasteiger partial charge in [-0.2, -0.15) is 4.98 Å². The molecule has 24 heavy (non-hydrogen) atoms. The van der Waals surface area contributed by atoms with Crippen molar-refractivity contribution in [1.82, 2.24) is 15.0 Å². The number of halogens is 1. The van der Waals surface area contributed by atoms with Crippen LogP contribution in [0.25, 0.3) is 11.4 Å². The van der Waals surface area contributed by atoms with E-state index < -0.39 is 0 Å². The largest absolute Gasteiger partial charge is 0.375 e. The Hall–Kier alpha value is -1.92. The van der Waals surface area contributed by atoms with E-state index in [0.717, 1.165) is 5.56 Å². The number of hydrogen-bond donors (Lipinski definition) is 0. The summed E-state index contributed by atoms with van der Waals surface area (Å²) >= 11 is 5.87. The molecule has 0 bridgehead atoms. The number of carbonyl (C=O) groups excluding carboxylic acids is 1. The summed E-state index contributed by atoms with van der Waals surface area (Å²) in [5, 5.41) is 4.61. The van der Waals surface area contributed by atoms with Crippen LogP contribution in [0.5, 0.6) is 0 Å². The number of ether oxygens (including phenoxy) is 1. The van der Waals surface area contributed by atoms with E-state index in [-0.39, 0.29) is 18.1 Å². The quantitative estimate of drug-likeness (QED) is 0.848. The highest BCUT2D eigenvalue weighted by atomic mass is 35.5. The second-order valence-corrected chi connectivity index (χ2v) is 6.49. The van der Waals surface area contributed by atoms with E-state index in [1.807, 2.05) is 30.9 Å². The van der Waals surface area contributed by atoms with Gasteiger partial charge in [-0.25, -0.2) is 0 Å². The average molecular weight is 350 g/mol. The van der Waals surface area contributed by atoms with E-state index >= 15 is 0 Å². The zero-order chi connectivity index (χ0) is 17.1. The van der Waals surface area contributed by atoms with Crippen LogP contribution < -0.4 is 0 Å². The molecule has 0 spiro atoms. The predicted octanol–water partition coefficient (Wildman–Crippen LogP) is 2.96. The summed E-state index contributed by atoms with van der Waals surface area (Å²) in [5.74, 6) is 1.05. The Labute approximate surface area is 145 Å². The Kier molecular flexibility index (Phi) is 5.16. The maximum absolute atomic E-state index is 12.4. The molecular weight excluding hydrogens is 330 g/mol. The number of aryl methyl sites for hydroxylation is 1. The third-order valence-electron chi connectivity index (χ3n) is 4.05. The van der Waals surface area contributed by atoms with Crippen LogP contribution in [0.3, 0.4) is 0 Å². The molecule has 0 saturated carbocycles. The molecule has 1 aliphatic heterocycles. The van der Waals surface area contributed by atoms with E-state index in [2.05, 4.69) is 10.1 Å². The highest BCUT2D eigenvalue weighted by molar-refractivity contribution is 6.30. The van der Waals surface area contributed by atoms with E-state index in [1.54, 1.807) is 12.1 Å². The van der Waals surface area contributed by atoms with Crippen LogP contribution >= 0.6 is 11.6 Å². The first-order chi connectivity index (χ1) is 11.5. The third-order valence-corrected chi connectivity index (χ3v) is 4.30. The summed E-state index contributed by atoms with van der Waals surface area (Å²) in [4.78, 5) is 18.6. The van der Waals surface area contributed by atoms with Gasteiger partial charge in [-0.15, -0.1) is 0 Å². The molecule has 2 atom stereocenters. The van der Waals surface area contributed by atoms with Crippen molar-refractivity contribution in [2.75, 3.05) is 13.2 Å². The van der Waals surface area contributed by atoms with Gasteiger partial charge in [0.25, 0.3) is 0 Å². The lowest BCUT2D eigenvalue weighted by molar-refractivity contribution is -0.143. The summed E-state index contributed by atoms with van der Waals surface area (Å²) in [6.45, 7) is 5.17. The predicted molar refractivity (Wildman–Crippen MR) is 89.7 cm³/mol. The molecule has 6 nitrogen and oxygen atoms in total. The molecule has 1 fully saturated rings. The highest BCUT2D eigenvalue weighted by Crippen LogP contribution is 2.19. The second kappa shape index (κ2) is 7.32. The summed E-state index contributed by atoms with van der Waals surface area (Å²) in [5.41, 5.74) is 0.830. The second-order valence-electron chi connectivity index (χ2n) is 6.06. The van der Waals surface area contributed by atoms with Crippen molar-refractivity contribution in [3.8, 4) is 11.4 Å². The molecular formula is C17H20ClN3O3. The molecule has 7 heteroatoms. The van der Waals surface area contributed by atoms with Crippen LogP contribution in [0.15, 0.2) is 28.8 Å². The number of carbonyl (C=O) groups is 1. The van der Waals surface area contributed by atoms with Gasteiger partial charge in [0, 0.05) is 30.0 Å². The molecule has 1 aromatic carbocycles. The van der Waals surface area contributed by atoms with Gasteiger partial charge in [0.05, 0.1) is 18.8 Å². The summed E-state index contributed by atoms with van der Waals surface area (Å²) in [6, 6.07) is 7.31. The number of nitrogens with zero attached hydrogens (tertiary/aromatic N) is 3. The van der Waals surface area contributed by atoms with Gasteiger partial charge in [-0.1, -0.05) is 16.8 Å². The molecule has 1 amide bonds. The molecule has 128 valence electrons. The Morgan fingerprint density at radius 3 is 2.83 bits per heavy atom. The number of amides is 1. The smallest absolute Gasteiger partial charge is 0.227 e. The lowest BCUT2D eigenvalue weighted by Gasteiger charge is -2.36. The molecule has 3 rings (SSSR count). The molecule has 1 aromatic heterocycles. The number of benzene rings is 1. The molecule has 0 radical (unpaired) electrons. The Bertz CT molecular complexity index is 701. The van der Waals surface area contributed by atoms with Gasteiger partial charge in [-0.3, -0.25) is 4.79 Å². The fraction of sp³-hybridized carbons (Fsp3) is 0.471. The van der Waals surface area contributed by atoms with Crippen molar-refractivity contribution in [1.29, 1.82) is 0 Å². The summed E-state index contributed by atoms with van der Waals surface area (Å²) in [7, 11) is 0. The minimum Gasteiger partial charge on any atom is -0.375 e. The summed E-state index contributed by atoms with van der Waals surface area (Å²) in [6.07, 6.45) is 0.849. The molecule has 2 unspecified atom stereocenters. The fourth-order valence-electron chi connectivity index (χ4n) is 2.68. The van der Waals surface area contributed by atoms with E-state index in [1.165, 1.54) is 0 Å². The van der Waals surface area contributed by atoms with Crippen LogP contribution in [0.2, 0.25) is 5.02 Å². The SMILES string of the molecule is CC1CN(C(=O)CCc2nc(-c3ccc(Cl)cc3)no2)C(C)CO1. The minimum atomic E-state index is 0.0741. The highest BCUT2D eigenvalue weighted by Gasteiger charge is 2.27. The summed E-state index contributed by atoms with van der Waals surface area (Å²) < 4.78 is 10.8. The van der Waals surface area contributed by atoms with Gasteiger partial charge < -0.3 is 14.2 Å². The lowest BCUT2D eigenvalue weighted by Crippen LogP contribution is -2.50. The van der Waals surface area contributed by atoms with Gasteiger partial charge in [0.1, 0.15) is 0 Å². The number of aromatic nitrogens is 2. The van der Waals surface area contributed by atoms with Crippen LogP contribution in [0.4, 0.5) is 0 Å². The van der Waals surface area contributed by atoms with E-state index in [0.29, 0.717) is 42.7 Å². The van der Waals surface area contributed by atoms with Crippen LogP contribution in [0.1, 0.15) is 26.2 Å². The first-order valence-electron chi connectivity index (χ1n) is 8.02. The molecule has 2 heterocycles. The first-order valence-corrected chi connectivity index (χ1v) is 8.40. The van der Waals surface area contributed by atoms with Gasteiger partial charge in [0.2, 0.25) is 17.6 Å². The van der Waals surface area contributed by atoms with Crippen molar-refractivity contribution in [2.45, 2.75) is 38.8 Å². The Morgan fingerprint density at radius 2 is 2.08 bits per heavy atom. The standard InChI is InChI=1S/C17H20ClN3O3/c1-11-10-23-12(2)9-21(11)16(22)8-7-15-19-17(20-24-15)13-3-5-14(18)6-4-13/h3-6,11-12H,7-10H2,1-2H3. The first kappa shape index (κ1) is 16.9. The zero-order valence-corrected chi connectivity index (χ0v) is 14.5. The van der Waals surface area contributed by atoms with Gasteiger partial charge >= 0.3 is 0 Å². The maximum Gasteiger partial charge on any atom is 0.227 e. The number of rotatable bonds is 4. The Balaban J connectivity index is 1.59. The van der Waals surface area contributed by atoms with Crippen molar-refractivity contribution in [3.05, 3.63) is 35.2 Å². The molecule has 2 aromatic rings. The third kappa shape index (κ3) is 3.94. The minimum absolute atomic E-state index is 0.0741. The van der Waals surface area contributed by atoms with Gasteiger partial charge in [-0.05, 0) is 38.1 Å². The molecule has 1 aliphatic rings. The fourth-order valence-corrected chi connectivity index (χ4v) is 2.81. The molecule has 1 saturated heterocycles. The van der Waals surface area contributed by atoms with Crippen LogP contribution in [-0.4, -0.2) is 46.2 Å². The molecule has 0 aliphatic carbocycles. The van der Waals surface area contributed by atoms with E-state index in [4.69, 9.17) is 20.9 Å². The van der Waals surface area contributed by atoms with Crippen molar-refractivity contribution >= 4 is 17.5 Å². The monoisotopic (exact) mass is 349 g/mol. The van der Waals surface area contributed by atoms with E-state index in [9.17, 15) is 4.79 Å². The van der Waals surface area contributed by atoms with Crippen molar-refractivity contribution in [2.24, 2.45) is 0 Å². The van der Waals surface area contributed by atoms with Crippen molar-refractivity contribution in [3.63, 3.8) is 0 Å². The topological polar surface area (TPSA) is 68.5 Å². The number of morpholine rings is 1. The number of hydrogen-bond acceptors (Lipinski definition) is 5. The van der Waals surface area contributed by atoms with Crippen LogP contribution in [-0.2, 0) is 16.0 Å². The van der Waals surface area contributed by atoms with Gasteiger partial charge in [0.15, 0.2) is 0 Å². The maximum atomic E-state index is 12.4. The Morgan fingerprint density at radius 1 is 1.33 bits per heavy atom. The average Bonchev–Trinajstić information content (AvgIpc) is 3.04. The van der Waals surface area contributed by atoms with Crippen molar-refractivity contribution < 1.29 is 14.1 Å². The van der Waals surface area contributed by atoms with Crippen LogP contribution in [0, 0.1) is 0 Å². The zero-order valence-electron chi connectivity index (χ0n) is 13.7. The lowest BCUT2D eigenvalue weighted by atomic mass is 10.1.